The van der Waals surface area contributed by atoms with Crippen molar-refractivity contribution in [1.29, 1.82) is 0 Å². The molecule has 0 spiro atoms. The minimum Gasteiger partial charge on any atom is -0.452 e. The van der Waals surface area contributed by atoms with Crippen molar-refractivity contribution in [2.75, 3.05) is 6.61 Å². The number of hydrogen-bond acceptors (Lipinski definition) is 4. The van der Waals surface area contributed by atoms with Gasteiger partial charge >= 0.3 is 5.97 Å². The lowest BCUT2D eigenvalue weighted by Crippen LogP contribution is -2.31. The Morgan fingerprint density at radius 2 is 1.76 bits per heavy atom. The molecule has 29 heavy (non-hydrogen) atoms. The molecule has 0 aliphatic carbocycles. The highest BCUT2D eigenvalue weighted by atomic mass is 19.1. The van der Waals surface area contributed by atoms with Crippen molar-refractivity contribution < 1.29 is 18.7 Å². The van der Waals surface area contributed by atoms with Crippen molar-refractivity contribution in [3.8, 4) is 5.69 Å². The highest BCUT2D eigenvalue weighted by molar-refractivity contribution is 5.93. The molecule has 0 radical (unpaired) electrons. The molecule has 0 unspecified atom stereocenters. The number of nitrogens with one attached hydrogen (secondary N) is 1. The van der Waals surface area contributed by atoms with Crippen LogP contribution in [0, 0.1) is 19.7 Å². The van der Waals surface area contributed by atoms with E-state index >= 15 is 0 Å². The van der Waals surface area contributed by atoms with Crippen molar-refractivity contribution in [1.82, 2.24) is 15.1 Å². The van der Waals surface area contributed by atoms with Gasteiger partial charge in [-0.1, -0.05) is 30.3 Å². The number of para-hydroxylation sites is 1. The fraction of sp³-hybridized carbons (Fsp3) is 0.227. The highest BCUT2D eigenvalue weighted by Crippen LogP contribution is 2.19. The molecule has 1 atom stereocenters. The zero-order valence-electron chi connectivity index (χ0n) is 16.5. The first-order valence-electron chi connectivity index (χ1n) is 9.20. The minimum atomic E-state index is -0.605. The third-order valence-electron chi connectivity index (χ3n) is 4.58. The molecule has 0 saturated carbocycles. The van der Waals surface area contributed by atoms with Gasteiger partial charge in [-0.2, -0.15) is 5.10 Å². The Bertz CT molecular complexity index is 1010. The van der Waals surface area contributed by atoms with Gasteiger partial charge in [-0.15, -0.1) is 0 Å². The van der Waals surface area contributed by atoms with E-state index in [-0.39, 0.29) is 11.9 Å². The lowest BCUT2D eigenvalue weighted by molar-refractivity contribution is -0.124. The normalized spacial score (nSPS) is 11.7. The number of benzene rings is 2. The molecule has 3 rings (SSSR count). The van der Waals surface area contributed by atoms with Gasteiger partial charge in [0, 0.05) is 0 Å². The molecule has 1 amide bonds. The Labute approximate surface area is 168 Å². The Kier molecular flexibility index (Phi) is 6.07. The number of nitrogens with zero attached hydrogens (tertiary/aromatic N) is 2. The molecule has 0 aliphatic rings. The smallest absolute Gasteiger partial charge is 0.342 e. The molecule has 0 aliphatic heterocycles. The minimum absolute atomic E-state index is 0.341. The van der Waals surface area contributed by atoms with Crippen molar-refractivity contribution in [3.63, 3.8) is 0 Å². The monoisotopic (exact) mass is 395 g/mol. The lowest BCUT2D eigenvalue weighted by Gasteiger charge is -2.14. The first-order valence-corrected chi connectivity index (χ1v) is 9.20. The molecule has 7 heteroatoms. The number of hydrogen-bond donors (Lipinski definition) is 1. The zero-order chi connectivity index (χ0) is 21.0. The number of aromatic nitrogens is 2. The second-order valence-electron chi connectivity index (χ2n) is 6.71. The molecule has 1 heterocycles. The number of amides is 1. The molecule has 150 valence electrons. The van der Waals surface area contributed by atoms with Crippen LogP contribution < -0.4 is 5.32 Å². The molecule has 2 aromatic carbocycles. The van der Waals surface area contributed by atoms with E-state index < -0.39 is 18.5 Å². The maximum atomic E-state index is 13.0. The third kappa shape index (κ3) is 4.68. The van der Waals surface area contributed by atoms with E-state index in [4.69, 9.17) is 4.74 Å². The van der Waals surface area contributed by atoms with Crippen LogP contribution in [0.3, 0.4) is 0 Å². The summed E-state index contributed by atoms with van der Waals surface area (Å²) in [7, 11) is 0. The topological polar surface area (TPSA) is 73.2 Å². The predicted octanol–water partition coefficient (Wildman–Crippen LogP) is 3.66. The third-order valence-corrected chi connectivity index (χ3v) is 4.58. The lowest BCUT2D eigenvalue weighted by atomic mass is 10.1. The van der Waals surface area contributed by atoms with Crippen LogP contribution in [0.5, 0.6) is 0 Å². The molecule has 0 bridgehead atoms. The molecule has 3 aromatic rings. The zero-order valence-corrected chi connectivity index (χ0v) is 16.5. The largest absolute Gasteiger partial charge is 0.452 e. The van der Waals surface area contributed by atoms with E-state index in [1.54, 1.807) is 37.6 Å². The molecule has 1 N–H and O–H groups in total. The Balaban J connectivity index is 1.63. The van der Waals surface area contributed by atoms with Gasteiger partial charge in [0.25, 0.3) is 5.91 Å². The average Bonchev–Trinajstić information content (AvgIpc) is 3.01. The first kappa shape index (κ1) is 20.3. The van der Waals surface area contributed by atoms with Gasteiger partial charge in [0.05, 0.1) is 23.1 Å². The van der Waals surface area contributed by atoms with E-state index in [9.17, 15) is 14.0 Å². The molecular weight excluding hydrogens is 373 g/mol. The number of ether oxygens (including phenoxy) is 1. The van der Waals surface area contributed by atoms with Crippen LogP contribution in [0.1, 0.15) is 40.3 Å². The van der Waals surface area contributed by atoms with Gasteiger partial charge in [-0.25, -0.2) is 13.9 Å². The summed E-state index contributed by atoms with van der Waals surface area (Å²) in [4.78, 5) is 24.7. The van der Waals surface area contributed by atoms with Gasteiger partial charge < -0.3 is 10.1 Å². The van der Waals surface area contributed by atoms with Crippen LogP contribution in [0.15, 0.2) is 54.6 Å². The average molecular weight is 395 g/mol. The number of aryl methyl sites for hydroxylation is 1. The number of carbonyl (C=O) groups excluding carboxylic acids is 2. The van der Waals surface area contributed by atoms with Gasteiger partial charge in [0.2, 0.25) is 0 Å². The van der Waals surface area contributed by atoms with Crippen LogP contribution in [-0.4, -0.2) is 28.3 Å². The summed E-state index contributed by atoms with van der Waals surface area (Å²) in [5.74, 6) is -1.39. The fourth-order valence-electron chi connectivity index (χ4n) is 3.08. The number of esters is 1. The van der Waals surface area contributed by atoms with E-state index in [0.29, 0.717) is 17.0 Å². The first-order chi connectivity index (χ1) is 13.9. The summed E-state index contributed by atoms with van der Waals surface area (Å²) in [5, 5.41) is 7.13. The molecular formula is C22H22FN3O3. The number of halogens is 1. The fourth-order valence-corrected chi connectivity index (χ4v) is 3.08. The van der Waals surface area contributed by atoms with Crippen molar-refractivity contribution >= 4 is 11.9 Å². The predicted molar refractivity (Wildman–Crippen MR) is 106 cm³/mol. The summed E-state index contributed by atoms with van der Waals surface area (Å²) < 4.78 is 19.9. The van der Waals surface area contributed by atoms with E-state index in [1.807, 2.05) is 30.3 Å². The summed E-state index contributed by atoms with van der Waals surface area (Å²) in [6.45, 7) is 4.85. The Hall–Kier alpha value is -3.48. The Morgan fingerprint density at radius 3 is 2.41 bits per heavy atom. The standard InChI is InChI=1S/C22H22FN3O3/c1-14(17-9-11-18(23)12-10-17)24-20(27)13-29-22(28)21-15(2)25-26(16(21)3)19-7-5-4-6-8-19/h4-12,14H,13H2,1-3H3,(H,24,27)/t14-/m1/s1. The van der Waals surface area contributed by atoms with Gasteiger partial charge in [-0.05, 0) is 50.6 Å². The summed E-state index contributed by atoms with van der Waals surface area (Å²) in [6, 6.07) is 14.9. The second kappa shape index (κ2) is 8.68. The van der Waals surface area contributed by atoms with E-state index in [2.05, 4.69) is 10.4 Å². The van der Waals surface area contributed by atoms with Crippen LogP contribution >= 0.6 is 0 Å². The maximum absolute atomic E-state index is 13.0. The highest BCUT2D eigenvalue weighted by Gasteiger charge is 2.22. The Morgan fingerprint density at radius 1 is 1.10 bits per heavy atom. The van der Waals surface area contributed by atoms with Gasteiger partial charge in [0.1, 0.15) is 11.4 Å². The number of carbonyl (C=O) groups is 2. The molecule has 1 aromatic heterocycles. The molecule has 0 fully saturated rings. The molecule has 0 saturated heterocycles. The summed E-state index contributed by atoms with van der Waals surface area (Å²) in [6.07, 6.45) is 0. The van der Waals surface area contributed by atoms with E-state index in [1.165, 1.54) is 12.1 Å². The van der Waals surface area contributed by atoms with Gasteiger partial charge in [0.15, 0.2) is 6.61 Å². The van der Waals surface area contributed by atoms with Crippen molar-refractivity contribution in [2.24, 2.45) is 0 Å². The van der Waals surface area contributed by atoms with Crippen LogP contribution in [0.4, 0.5) is 4.39 Å². The quantitative estimate of drug-likeness (QED) is 0.647. The molecule has 6 nitrogen and oxygen atoms in total. The second-order valence-corrected chi connectivity index (χ2v) is 6.71. The van der Waals surface area contributed by atoms with Crippen molar-refractivity contribution in [2.45, 2.75) is 26.8 Å². The summed E-state index contributed by atoms with van der Waals surface area (Å²) in [5.41, 5.74) is 3.09. The summed E-state index contributed by atoms with van der Waals surface area (Å²) >= 11 is 0. The number of rotatable bonds is 6. The maximum Gasteiger partial charge on any atom is 0.342 e. The SMILES string of the molecule is Cc1nn(-c2ccccc2)c(C)c1C(=O)OCC(=O)N[C@H](C)c1ccc(F)cc1. The van der Waals surface area contributed by atoms with Gasteiger partial charge in [-0.3, -0.25) is 4.79 Å². The van der Waals surface area contributed by atoms with Crippen LogP contribution in [-0.2, 0) is 9.53 Å². The van der Waals surface area contributed by atoms with E-state index in [0.717, 1.165) is 11.3 Å². The van der Waals surface area contributed by atoms with Crippen LogP contribution in [0.2, 0.25) is 0 Å². The van der Waals surface area contributed by atoms with Crippen molar-refractivity contribution in [3.05, 3.63) is 82.9 Å². The van der Waals surface area contributed by atoms with Crippen LogP contribution in [0.25, 0.3) is 5.69 Å².